The molecule has 20 heavy (non-hydrogen) atoms. The van der Waals surface area contributed by atoms with Gasteiger partial charge >= 0.3 is 5.97 Å². The third-order valence-electron chi connectivity index (χ3n) is 2.98. The molecule has 106 valence electrons. The summed E-state index contributed by atoms with van der Waals surface area (Å²) >= 11 is 0. The molecule has 0 atom stereocenters. The highest BCUT2D eigenvalue weighted by molar-refractivity contribution is 5.99. The number of ether oxygens (including phenoxy) is 1. The van der Waals surface area contributed by atoms with Crippen LogP contribution in [0, 0.1) is 0 Å². The van der Waals surface area contributed by atoms with Crippen molar-refractivity contribution in [1.82, 2.24) is 9.88 Å². The van der Waals surface area contributed by atoms with Crippen molar-refractivity contribution in [2.24, 2.45) is 0 Å². The Morgan fingerprint density at radius 3 is 2.85 bits per heavy atom. The second kappa shape index (κ2) is 6.21. The van der Waals surface area contributed by atoms with Gasteiger partial charge in [0.25, 0.3) is 5.91 Å². The molecule has 0 saturated carbocycles. The number of H-pyrrole nitrogens is 1. The Labute approximate surface area is 116 Å². The number of amides is 1. The zero-order valence-electron chi connectivity index (χ0n) is 11.1. The van der Waals surface area contributed by atoms with Gasteiger partial charge in [-0.15, -0.1) is 0 Å². The van der Waals surface area contributed by atoms with Crippen molar-refractivity contribution in [3.63, 3.8) is 0 Å². The van der Waals surface area contributed by atoms with E-state index in [-0.39, 0.29) is 19.0 Å². The van der Waals surface area contributed by atoms with Gasteiger partial charge in [0.15, 0.2) is 0 Å². The van der Waals surface area contributed by atoms with E-state index in [1.54, 1.807) is 24.4 Å². The topological polar surface area (TPSA) is 82.6 Å². The predicted molar refractivity (Wildman–Crippen MR) is 73.7 cm³/mol. The number of aliphatic carboxylic acids is 1. The van der Waals surface area contributed by atoms with Crippen LogP contribution in [0.3, 0.4) is 0 Å². The van der Waals surface area contributed by atoms with E-state index >= 15 is 0 Å². The number of benzene rings is 1. The van der Waals surface area contributed by atoms with Gasteiger partial charge in [-0.25, -0.2) is 0 Å². The number of hydrogen-bond acceptors (Lipinski definition) is 3. The Balaban J connectivity index is 2.22. The largest absolute Gasteiger partial charge is 0.480 e. The lowest BCUT2D eigenvalue weighted by Crippen LogP contribution is -2.38. The van der Waals surface area contributed by atoms with Crippen molar-refractivity contribution in [1.29, 1.82) is 0 Å². The molecule has 6 nitrogen and oxygen atoms in total. The molecule has 2 rings (SSSR count). The van der Waals surface area contributed by atoms with E-state index in [0.717, 1.165) is 10.9 Å². The van der Waals surface area contributed by atoms with Crippen molar-refractivity contribution >= 4 is 22.8 Å². The van der Waals surface area contributed by atoms with Crippen LogP contribution in [0.15, 0.2) is 30.5 Å². The maximum atomic E-state index is 12.3. The van der Waals surface area contributed by atoms with Gasteiger partial charge in [-0.3, -0.25) is 9.59 Å². The van der Waals surface area contributed by atoms with Crippen LogP contribution >= 0.6 is 0 Å². The summed E-state index contributed by atoms with van der Waals surface area (Å²) in [6, 6.07) is 7.10. The first-order valence-electron chi connectivity index (χ1n) is 6.19. The molecule has 0 fully saturated rings. The minimum atomic E-state index is -1.04. The number of carboxylic acids is 1. The molecule has 0 aliphatic heterocycles. The van der Waals surface area contributed by atoms with Gasteiger partial charge in [-0.05, 0) is 24.3 Å². The van der Waals surface area contributed by atoms with Crippen molar-refractivity contribution in [3.05, 3.63) is 36.0 Å². The zero-order chi connectivity index (χ0) is 14.5. The van der Waals surface area contributed by atoms with Crippen LogP contribution in [0.25, 0.3) is 10.9 Å². The van der Waals surface area contributed by atoms with Crippen molar-refractivity contribution < 1.29 is 19.4 Å². The highest BCUT2D eigenvalue weighted by atomic mass is 16.5. The van der Waals surface area contributed by atoms with Crippen LogP contribution in [0.2, 0.25) is 0 Å². The Bertz CT molecular complexity index is 620. The summed E-state index contributed by atoms with van der Waals surface area (Å²) in [6.45, 7) is 0.200. The first-order valence-corrected chi connectivity index (χ1v) is 6.19. The Hall–Kier alpha value is -2.34. The molecule has 1 heterocycles. The fraction of sp³-hybridized carbons (Fsp3) is 0.286. The smallest absolute Gasteiger partial charge is 0.323 e. The summed E-state index contributed by atoms with van der Waals surface area (Å²) in [4.78, 5) is 27.5. The number of aromatic amines is 1. The third-order valence-corrected chi connectivity index (χ3v) is 2.98. The lowest BCUT2D eigenvalue weighted by Gasteiger charge is -2.20. The second-order valence-corrected chi connectivity index (χ2v) is 4.39. The van der Waals surface area contributed by atoms with Crippen LogP contribution in [0.5, 0.6) is 0 Å². The summed E-state index contributed by atoms with van der Waals surface area (Å²) in [6.07, 6.45) is 1.79. The molecule has 1 aromatic carbocycles. The van der Waals surface area contributed by atoms with E-state index < -0.39 is 5.97 Å². The van der Waals surface area contributed by atoms with Crippen molar-refractivity contribution in [3.8, 4) is 0 Å². The van der Waals surface area contributed by atoms with Gasteiger partial charge in [0, 0.05) is 36.3 Å². The van der Waals surface area contributed by atoms with Crippen LogP contribution in [0.4, 0.5) is 0 Å². The monoisotopic (exact) mass is 276 g/mol. The number of fused-ring (bicyclic) bond motifs is 1. The number of carbonyl (C=O) groups is 2. The maximum Gasteiger partial charge on any atom is 0.323 e. The molecule has 0 aliphatic rings. The Morgan fingerprint density at radius 1 is 1.35 bits per heavy atom. The average Bonchev–Trinajstić information content (AvgIpc) is 2.89. The molecule has 0 aliphatic carbocycles. The molecule has 0 spiro atoms. The number of aromatic nitrogens is 1. The van der Waals surface area contributed by atoms with Gasteiger partial charge in [0.05, 0.1) is 6.61 Å². The van der Waals surface area contributed by atoms with E-state index in [4.69, 9.17) is 9.84 Å². The summed E-state index contributed by atoms with van der Waals surface area (Å²) < 4.78 is 4.91. The summed E-state index contributed by atoms with van der Waals surface area (Å²) in [5.74, 6) is -1.36. The molecule has 0 saturated heterocycles. The van der Waals surface area contributed by atoms with E-state index in [1.807, 2.05) is 6.07 Å². The lowest BCUT2D eigenvalue weighted by atomic mass is 10.1. The molecule has 0 bridgehead atoms. The summed E-state index contributed by atoms with van der Waals surface area (Å²) in [7, 11) is 1.51. The first-order chi connectivity index (χ1) is 9.61. The van der Waals surface area contributed by atoms with E-state index in [9.17, 15) is 9.59 Å². The van der Waals surface area contributed by atoms with E-state index in [2.05, 4.69) is 4.98 Å². The van der Waals surface area contributed by atoms with E-state index in [0.29, 0.717) is 12.2 Å². The average molecular weight is 276 g/mol. The summed E-state index contributed by atoms with van der Waals surface area (Å²) in [5.41, 5.74) is 1.40. The fourth-order valence-electron chi connectivity index (χ4n) is 1.99. The van der Waals surface area contributed by atoms with Crippen LogP contribution in [-0.4, -0.2) is 53.7 Å². The summed E-state index contributed by atoms with van der Waals surface area (Å²) in [5, 5.41) is 9.79. The number of hydrogen-bond donors (Lipinski definition) is 2. The zero-order valence-corrected chi connectivity index (χ0v) is 11.1. The van der Waals surface area contributed by atoms with Gasteiger partial charge in [-0.2, -0.15) is 0 Å². The molecular formula is C14H16N2O4. The molecule has 6 heteroatoms. The van der Waals surface area contributed by atoms with Crippen molar-refractivity contribution in [2.75, 3.05) is 26.8 Å². The number of methoxy groups -OCH3 is 1. The number of nitrogens with zero attached hydrogens (tertiary/aromatic N) is 1. The van der Waals surface area contributed by atoms with Gasteiger partial charge in [-0.1, -0.05) is 0 Å². The van der Waals surface area contributed by atoms with Crippen LogP contribution in [-0.2, 0) is 9.53 Å². The Morgan fingerprint density at radius 2 is 2.15 bits per heavy atom. The quantitative estimate of drug-likeness (QED) is 0.834. The number of rotatable bonds is 6. The van der Waals surface area contributed by atoms with Gasteiger partial charge in [0.1, 0.15) is 6.54 Å². The highest BCUT2D eigenvalue weighted by Crippen LogP contribution is 2.15. The molecule has 2 N–H and O–H groups in total. The van der Waals surface area contributed by atoms with Gasteiger partial charge < -0.3 is 19.7 Å². The SMILES string of the molecule is COCCN(CC(=O)O)C(=O)c1ccc2[nH]ccc2c1. The third kappa shape index (κ3) is 3.16. The predicted octanol–water partition coefficient (Wildman–Crippen LogP) is 1.34. The van der Waals surface area contributed by atoms with Crippen molar-refractivity contribution in [2.45, 2.75) is 0 Å². The van der Waals surface area contributed by atoms with E-state index in [1.165, 1.54) is 12.0 Å². The van der Waals surface area contributed by atoms with Gasteiger partial charge in [0.2, 0.25) is 0 Å². The first kappa shape index (κ1) is 14.1. The molecule has 1 aromatic heterocycles. The minimum Gasteiger partial charge on any atom is -0.480 e. The minimum absolute atomic E-state index is 0.243. The highest BCUT2D eigenvalue weighted by Gasteiger charge is 2.18. The van der Waals surface area contributed by atoms with Crippen LogP contribution in [0.1, 0.15) is 10.4 Å². The number of nitrogens with one attached hydrogen (secondary N) is 1. The molecule has 0 unspecified atom stereocenters. The fourth-order valence-corrected chi connectivity index (χ4v) is 1.99. The maximum absolute atomic E-state index is 12.3. The van der Waals surface area contributed by atoms with Crippen LogP contribution < -0.4 is 0 Å². The number of carbonyl (C=O) groups excluding carboxylic acids is 1. The standard InChI is InChI=1S/C14H16N2O4/c1-20-7-6-16(9-13(17)18)14(19)11-2-3-12-10(8-11)4-5-15-12/h2-5,8,15H,6-7,9H2,1H3,(H,17,18). The molecule has 1 amide bonds. The Kier molecular flexibility index (Phi) is 4.37. The lowest BCUT2D eigenvalue weighted by molar-refractivity contribution is -0.137. The molecule has 0 radical (unpaired) electrons. The second-order valence-electron chi connectivity index (χ2n) is 4.39. The molecular weight excluding hydrogens is 260 g/mol. The molecule has 2 aromatic rings. The number of carboxylic acid groups (broad SMARTS) is 1. The normalized spacial score (nSPS) is 10.7.